The van der Waals surface area contributed by atoms with E-state index >= 15 is 0 Å². The lowest BCUT2D eigenvalue weighted by Gasteiger charge is -2.23. The van der Waals surface area contributed by atoms with Gasteiger partial charge in [-0.25, -0.2) is 8.42 Å². The van der Waals surface area contributed by atoms with E-state index in [2.05, 4.69) is 10.4 Å². The average molecular weight is 275 g/mol. The van der Waals surface area contributed by atoms with Gasteiger partial charge < -0.3 is 10.1 Å². The second-order valence-corrected chi connectivity index (χ2v) is 6.62. The lowest BCUT2D eigenvalue weighted by atomic mass is 10.1. The molecule has 18 heavy (non-hydrogen) atoms. The highest BCUT2D eigenvalue weighted by atomic mass is 32.2. The molecule has 0 amide bonds. The predicted molar refractivity (Wildman–Crippen MR) is 70.6 cm³/mol. The molecule has 1 aromatic heterocycles. The van der Waals surface area contributed by atoms with Crippen molar-refractivity contribution in [2.45, 2.75) is 31.7 Å². The van der Waals surface area contributed by atoms with Gasteiger partial charge in [0.25, 0.3) is 0 Å². The number of aromatic nitrogens is 2. The van der Waals surface area contributed by atoms with Crippen molar-refractivity contribution in [2.24, 2.45) is 0 Å². The molecular formula is C11H21N3O3S. The molecule has 0 aliphatic rings. The van der Waals surface area contributed by atoms with Gasteiger partial charge in [-0.2, -0.15) is 5.10 Å². The van der Waals surface area contributed by atoms with E-state index in [-0.39, 0.29) is 6.04 Å². The Labute approximate surface area is 108 Å². The molecule has 0 aliphatic heterocycles. The van der Waals surface area contributed by atoms with Gasteiger partial charge in [-0.1, -0.05) is 0 Å². The number of rotatable bonds is 6. The van der Waals surface area contributed by atoms with Gasteiger partial charge in [-0.15, -0.1) is 0 Å². The zero-order chi connectivity index (χ0) is 13.9. The second kappa shape index (κ2) is 5.71. The summed E-state index contributed by atoms with van der Waals surface area (Å²) in [5.41, 5.74) is 0.764. The molecule has 0 fully saturated rings. The minimum Gasteiger partial charge on any atom is -0.493 e. The van der Waals surface area contributed by atoms with Crippen molar-refractivity contribution in [1.29, 1.82) is 0 Å². The Hall–Kier alpha value is -1.08. The highest BCUT2D eigenvalue weighted by Gasteiger charge is 2.31. The first kappa shape index (κ1) is 15.0. The van der Waals surface area contributed by atoms with E-state index in [1.807, 2.05) is 6.92 Å². The summed E-state index contributed by atoms with van der Waals surface area (Å²) in [5, 5.41) is 6.68. The Morgan fingerprint density at radius 3 is 2.56 bits per heavy atom. The normalized spacial score (nSPS) is 15.4. The molecule has 1 aromatic rings. The number of ether oxygens (including phenoxy) is 1. The third kappa shape index (κ3) is 2.84. The van der Waals surface area contributed by atoms with Crippen molar-refractivity contribution in [2.75, 3.05) is 20.4 Å². The largest absolute Gasteiger partial charge is 0.493 e. The summed E-state index contributed by atoms with van der Waals surface area (Å²) in [7, 11) is 0.140. The number of nitrogens with zero attached hydrogens (tertiary/aromatic N) is 2. The van der Waals surface area contributed by atoms with Crippen molar-refractivity contribution in [3.63, 3.8) is 0 Å². The maximum absolute atomic E-state index is 11.7. The third-order valence-corrected chi connectivity index (χ3v) is 4.74. The van der Waals surface area contributed by atoms with Crippen LogP contribution in [0, 0.1) is 0 Å². The summed E-state index contributed by atoms with van der Waals surface area (Å²) in [4.78, 5) is 0. The van der Waals surface area contributed by atoms with Crippen LogP contribution >= 0.6 is 0 Å². The second-order valence-electron chi connectivity index (χ2n) is 4.21. The van der Waals surface area contributed by atoms with Crippen molar-refractivity contribution in [1.82, 2.24) is 15.1 Å². The first-order valence-electron chi connectivity index (χ1n) is 5.82. The standard InChI is InChI=1S/C11H21N3O3S/c1-6-14-11(9(17-4)7-13-14)10(12-3)8(2)18(5,15)16/h7-8,10,12H,6H2,1-5H3. The summed E-state index contributed by atoms with van der Waals surface area (Å²) in [6.45, 7) is 4.30. The van der Waals surface area contributed by atoms with E-state index in [1.165, 1.54) is 6.26 Å². The van der Waals surface area contributed by atoms with Crippen LogP contribution in [0.3, 0.4) is 0 Å². The fourth-order valence-electron chi connectivity index (χ4n) is 1.94. The molecule has 0 aliphatic carbocycles. The van der Waals surface area contributed by atoms with Crippen LogP contribution in [-0.2, 0) is 16.4 Å². The topological polar surface area (TPSA) is 73.2 Å². The van der Waals surface area contributed by atoms with Gasteiger partial charge in [0.15, 0.2) is 15.6 Å². The number of hydrogen-bond acceptors (Lipinski definition) is 5. The first-order chi connectivity index (χ1) is 8.36. The van der Waals surface area contributed by atoms with Crippen molar-refractivity contribution in [3.8, 4) is 5.75 Å². The summed E-state index contributed by atoms with van der Waals surface area (Å²) in [5.74, 6) is 0.603. The van der Waals surface area contributed by atoms with Crippen LogP contribution in [-0.4, -0.2) is 43.9 Å². The minimum atomic E-state index is -3.15. The van der Waals surface area contributed by atoms with Gasteiger partial charge in [-0.05, 0) is 20.9 Å². The van der Waals surface area contributed by atoms with Crippen LogP contribution in [0.2, 0.25) is 0 Å². The summed E-state index contributed by atoms with van der Waals surface area (Å²) in [6, 6.07) is -0.350. The van der Waals surface area contributed by atoms with Gasteiger partial charge in [0.1, 0.15) is 0 Å². The van der Waals surface area contributed by atoms with Gasteiger partial charge in [0, 0.05) is 12.8 Å². The lowest BCUT2D eigenvalue weighted by molar-refractivity contribution is 0.393. The SMILES string of the molecule is CCn1ncc(OC)c1C(NC)C(C)S(C)(=O)=O. The smallest absolute Gasteiger partial charge is 0.161 e. The molecule has 6 nitrogen and oxygen atoms in total. The Balaban J connectivity index is 3.28. The fourth-order valence-corrected chi connectivity index (χ4v) is 2.70. The van der Waals surface area contributed by atoms with Crippen molar-refractivity contribution >= 4 is 9.84 Å². The number of hydrogen-bond donors (Lipinski definition) is 1. The van der Waals surface area contributed by atoms with E-state index < -0.39 is 15.1 Å². The molecule has 7 heteroatoms. The molecular weight excluding hydrogens is 254 g/mol. The molecule has 0 spiro atoms. The molecule has 0 saturated carbocycles. The molecule has 1 rings (SSSR count). The van der Waals surface area contributed by atoms with Crippen LogP contribution in [0.15, 0.2) is 6.20 Å². The quantitative estimate of drug-likeness (QED) is 0.823. The van der Waals surface area contributed by atoms with Gasteiger partial charge >= 0.3 is 0 Å². The first-order valence-corrected chi connectivity index (χ1v) is 7.78. The fraction of sp³-hybridized carbons (Fsp3) is 0.727. The molecule has 1 heterocycles. The van der Waals surface area contributed by atoms with Crippen LogP contribution in [0.5, 0.6) is 5.75 Å². The number of sulfone groups is 1. The molecule has 0 saturated heterocycles. The van der Waals surface area contributed by atoms with Gasteiger partial charge in [0.05, 0.1) is 30.3 Å². The average Bonchev–Trinajstić information content (AvgIpc) is 2.71. The van der Waals surface area contributed by atoms with E-state index in [0.29, 0.717) is 12.3 Å². The van der Waals surface area contributed by atoms with Crippen LogP contribution in [0.25, 0.3) is 0 Å². The van der Waals surface area contributed by atoms with E-state index in [1.54, 1.807) is 32.0 Å². The monoisotopic (exact) mass is 275 g/mol. The van der Waals surface area contributed by atoms with Crippen molar-refractivity contribution in [3.05, 3.63) is 11.9 Å². The molecule has 2 atom stereocenters. The Bertz CT molecular complexity index is 474. The molecule has 0 bridgehead atoms. The Morgan fingerprint density at radius 2 is 2.17 bits per heavy atom. The maximum atomic E-state index is 11.7. The van der Waals surface area contributed by atoms with E-state index in [9.17, 15) is 8.42 Å². The number of nitrogens with one attached hydrogen (secondary N) is 1. The molecule has 1 N–H and O–H groups in total. The zero-order valence-electron chi connectivity index (χ0n) is 11.5. The Kier molecular flexibility index (Phi) is 4.75. The third-order valence-electron chi connectivity index (χ3n) is 3.11. The van der Waals surface area contributed by atoms with E-state index in [4.69, 9.17) is 4.74 Å². The van der Waals surface area contributed by atoms with Crippen molar-refractivity contribution < 1.29 is 13.2 Å². The summed E-state index contributed by atoms with van der Waals surface area (Å²) >= 11 is 0. The van der Waals surface area contributed by atoms with Crippen LogP contribution in [0.4, 0.5) is 0 Å². The molecule has 0 aromatic carbocycles. The highest BCUT2D eigenvalue weighted by molar-refractivity contribution is 7.91. The maximum Gasteiger partial charge on any atom is 0.161 e. The molecule has 2 unspecified atom stereocenters. The van der Waals surface area contributed by atoms with E-state index in [0.717, 1.165) is 5.69 Å². The summed E-state index contributed by atoms with van der Waals surface area (Å²) in [6.07, 6.45) is 2.85. The zero-order valence-corrected chi connectivity index (χ0v) is 12.3. The minimum absolute atomic E-state index is 0.350. The molecule has 0 radical (unpaired) electrons. The lowest BCUT2D eigenvalue weighted by Crippen LogP contribution is -2.34. The predicted octanol–water partition coefficient (Wildman–Crippen LogP) is 0.605. The van der Waals surface area contributed by atoms with Crippen LogP contribution in [0.1, 0.15) is 25.6 Å². The molecule has 104 valence electrons. The Morgan fingerprint density at radius 1 is 1.56 bits per heavy atom. The van der Waals surface area contributed by atoms with Gasteiger partial charge in [-0.3, -0.25) is 4.68 Å². The van der Waals surface area contributed by atoms with Gasteiger partial charge in [0.2, 0.25) is 0 Å². The van der Waals surface area contributed by atoms with Crippen LogP contribution < -0.4 is 10.1 Å². The number of methoxy groups -OCH3 is 1. The highest BCUT2D eigenvalue weighted by Crippen LogP contribution is 2.29. The number of aryl methyl sites for hydroxylation is 1. The summed E-state index contributed by atoms with van der Waals surface area (Å²) < 4.78 is 30.4.